The van der Waals surface area contributed by atoms with Crippen LogP contribution in [0.4, 0.5) is 11.4 Å². The molecular weight excluding hydrogens is 358 g/mol. The molecule has 4 rings (SSSR count). The Bertz CT molecular complexity index is 868. The molecule has 2 aromatic rings. The number of hydrogen-bond acceptors (Lipinski definition) is 5. The number of rotatable bonds is 6. The van der Waals surface area contributed by atoms with Crippen molar-refractivity contribution in [3.63, 3.8) is 0 Å². The van der Waals surface area contributed by atoms with E-state index in [0.29, 0.717) is 37.5 Å². The van der Waals surface area contributed by atoms with E-state index >= 15 is 0 Å². The number of para-hydroxylation sites is 2. The fourth-order valence-electron chi connectivity index (χ4n) is 3.72. The summed E-state index contributed by atoms with van der Waals surface area (Å²) >= 11 is 0. The normalized spacial score (nSPS) is 20.2. The summed E-state index contributed by atoms with van der Waals surface area (Å²) in [5.74, 6) is 0.523. The number of fused-ring (bicyclic) bond motifs is 3. The first kappa shape index (κ1) is 18.3. The van der Waals surface area contributed by atoms with Gasteiger partial charge in [0.25, 0.3) is 5.91 Å². The average molecular weight is 381 g/mol. The van der Waals surface area contributed by atoms with E-state index in [1.54, 1.807) is 31.4 Å². The highest BCUT2D eigenvalue weighted by molar-refractivity contribution is 6.04. The molecule has 2 N–H and O–H groups in total. The summed E-state index contributed by atoms with van der Waals surface area (Å²) in [4.78, 5) is 27.1. The average Bonchev–Trinajstić information content (AvgIpc) is 3.13. The molecule has 0 bridgehead atoms. The molecule has 2 unspecified atom stereocenters. The Kier molecular flexibility index (Phi) is 5.16. The zero-order chi connectivity index (χ0) is 19.5. The highest BCUT2D eigenvalue weighted by Crippen LogP contribution is 2.36. The van der Waals surface area contributed by atoms with E-state index in [9.17, 15) is 9.59 Å². The molecule has 7 heteroatoms. The Morgan fingerprint density at radius 3 is 2.75 bits per heavy atom. The number of amides is 2. The zero-order valence-corrected chi connectivity index (χ0v) is 15.7. The second-order valence-corrected chi connectivity index (χ2v) is 6.95. The van der Waals surface area contributed by atoms with Gasteiger partial charge in [-0.2, -0.15) is 0 Å². The van der Waals surface area contributed by atoms with Gasteiger partial charge in [0.2, 0.25) is 5.91 Å². The van der Waals surface area contributed by atoms with Gasteiger partial charge in [0.1, 0.15) is 18.4 Å². The summed E-state index contributed by atoms with van der Waals surface area (Å²) < 4.78 is 10.5. The minimum atomic E-state index is -0.253. The molecule has 0 aromatic heterocycles. The molecule has 0 radical (unpaired) electrons. The van der Waals surface area contributed by atoms with E-state index in [-0.39, 0.29) is 23.9 Å². The number of nitrogens with one attached hydrogen (secondary N) is 2. The lowest BCUT2D eigenvalue weighted by Crippen LogP contribution is -2.44. The molecule has 146 valence electrons. The molecule has 2 aliphatic heterocycles. The minimum absolute atomic E-state index is 0.0204. The van der Waals surface area contributed by atoms with Crippen LogP contribution in [0.2, 0.25) is 0 Å². The van der Waals surface area contributed by atoms with Crippen molar-refractivity contribution >= 4 is 23.2 Å². The van der Waals surface area contributed by atoms with Crippen LogP contribution in [0.1, 0.15) is 16.8 Å². The van der Waals surface area contributed by atoms with Gasteiger partial charge in [0.15, 0.2) is 0 Å². The van der Waals surface area contributed by atoms with Crippen molar-refractivity contribution < 1.29 is 19.1 Å². The summed E-state index contributed by atoms with van der Waals surface area (Å²) in [7, 11) is 1.62. The smallest absolute Gasteiger partial charge is 0.251 e. The van der Waals surface area contributed by atoms with Crippen molar-refractivity contribution in [3.05, 3.63) is 54.1 Å². The molecule has 2 aliphatic rings. The van der Waals surface area contributed by atoms with Crippen molar-refractivity contribution in [2.45, 2.75) is 18.5 Å². The number of benzene rings is 2. The molecule has 7 nitrogen and oxygen atoms in total. The maximum absolute atomic E-state index is 12.6. The number of nitrogens with zero attached hydrogens (tertiary/aromatic N) is 1. The van der Waals surface area contributed by atoms with Crippen molar-refractivity contribution in [2.24, 2.45) is 0 Å². The van der Waals surface area contributed by atoms with Gasteiger partial charge in [-0.3, -0.25) is 9.59 Å². The Morgan fingerprint density at radius 1 is 1.18 bits per heavy atom. The fourth-order valence-corrected chi connectivity index (χ4v) is 3.72. The molecule has 28 heavy (non-hydrogen) atoms. The molecule has 2 atom stereocenters. The molecule has 2 aromatic carbocycles. The van der Waals surface area contributed by atoms with E-state index in [0.717, 1.165) is 11.4 Å². The second-order valence-electron chi connectivity index (χ2n) is 6.95. The van der Waals surface area contributed by atoms with Gasteiger partial charge >= 0.3 is 0 Å². The molecule has 0 saturated carbocycles. The standard InChI is InChI=1S/C21H23N3O4/c1-27-10-11-28-16-8-6-14(7-9-16)20(25)22-15-12-19-21(26)23-17-4-2-3-5-18(17)24(19)13-15/h2-9,15,19H,10-13H2,1H3,(H,22,25)(H,23,26). The number of carbonyl (C=O) groups excluding carboxylic acids is 2. The lowest BCUT2D eigenvalue weighted by Gasteiger charge is -2.32. The lowest BCUT2D eigenvalue weighted by atomic mass is 10.1. The predicted octanol–water partition coefficient (Wildman–Crippen LogP) is 2.04. The van der Waals surface area contributed by atoms with E-state index in [2.05, 4.69) is 15.5 Å². The van der Waals surface area contributed by atoms with Gasteiger partial charge in [-0.05, 0) is 42.8 Å². The van der Waals surface area contributed by atoms with E-state index in [4.69, 9.17) is 9.47 Å². The topological polar surface area (TPSA) is 79.9 Å². The first-order chi connectivity index (χ1) is 13.7. The van der Waals surface area contributed by atoms with E-state index < -0.39 is 0 Å². The second kappa shape index (κ2) is 7.90. The van der Waals surface area contributed by atoms with E-state index in [1.165, 1.54) is 0 Å². The first-order valence-electron chi connectivity index (χ1n) is 9.35. The number of hydrogen-bond donors (Lipinski definition) is 2. The summed E-state index contributed by atoms with van der Waals surface area (Å²) in [6, 6.07) is 14.4. The van der Waals surface area contributed by atoms with Crippen molar-refractivity contribution in [2.75, 3.05) is 37.1 Å². The highest BCUT2D eigenvalue weighted by Gasteiger charge is 2.41. The summed E-state index contributed by atoms with van der Waals surface area (Å²) in [5, 5.41) is 6.00. The Hall–Kier alpha value is -3.06. The van der Waals surface area contributed by atoms with Crippen LogP contribution in [0.5, 0.6) is 5.75 Å². The predicted molar refractivity (Wildman–Crippen MR) is 106 cm³/mol. The Balaban J connectivity index is 1.39. The van der Waals surface area contributed by atoms with Crippen LogP contribution in [-0.4, -0.2) is 50.8 Å². The molecule has 1 fully saturated rings. The van der Waals surface area contributed by atoms with Crippen LogP contribution in [0, 0.1) is 0 Å². The fraction of sp³-hybridized carbons (Fsp3) is 0.333. The van der Waals surface area contributed by atoms with Gasteiger partial charge in [-0.15, -0.1) is 0 Å². The zero-order valence-electron chi connectivity index (χ0n) is 15.7. The number of ether oxygens (including phenoxy) is 2. The monoisotopic (exact) mass is 381 g/mol. The van der Waals surface area contributed by atoms with E-state index in [1.807, 2.05) is 24.3 Å². The van der Waals surface area contributed by atoms with Crippen LogP contribution >= 0.6 is 0 Å². The van der Waals surface area contributed by atoms with Crippen molar-refractivity contribution in [1.29, 1.82) is 0 Å². The Morgan fingerprint density at radius 2 is 1.96 bits per heavy atom. The van der Waals surface area contributed by atoms with Crippen molar-refractivity contribution in [3.8, 4) is 5.75 Å². The van der Waals surface area contributed by atoms with Crippen LogP contribution in [-0.2, 0) is 9.53 Å². The maximum Gasteiger partial charge on any atom is 0.251 e. The molecule has 0 aliphatic carbocycles. The Labute approximate surface area is 163 Å². The summed E-state index contributed by atoms with van der Waals surface area (Å²) in [6.45, 7) is 1.59. The van der Waals surface area contributed by atoms with Gasteiger partial charge in [0, 0.05) is 25.3 Å². The van der Waals surface area contributed by atoms with Crippen LogP contribution < -0.4 is 20.3 Å². The third-order valence-electron chi connectivity index (χ3n) is 5.08. The van der Waals surface area contributed by atoms with Gasteiger partial charge in [-0.1, -0.05) is 12.1 Å². The number of carbonyl (C=O) groups is 2. The molecule has 1 saturated heterocycles. The quantitative estimate of drug-likeness (QED) is 0.749. The SMILES string of the molecule is COCCOc1ccc(C(=O)NC2CC3C(=O)Nc4ccccc4N3C2)cc1. The largest absolute Gasteiger partial charge is 0.491 e. The summed E-state index contributed by atoms with van der Waals surface area (Å²) in [5.41, 5.74) is 2.38. The van der Waals surface area contributed by atoms with Gasteiger partial charge < -0.3 is 25.0 Å². The van der Waals surface area contributed by atoms with Crippen LogP contribution in [0.15, 0.2) is 48.5 Å². The molecule has 2 amide bonds. The third-order valence-corrected chi connectivity index (χ3v) is 5.08. The molecule has 2 heterocycles. The summed E-state index contributed by atoms with van der Waals surface area (Å²) in [6.07, 6.45) is 0.587. The minimum Gasteiger partial charge on any atom is -0.491 e. The van der Waals surface area contributed by atoms with Crippen LogP contribution in [0.25, 0.3) is 0 Å². The van der Waals surface area contributed by atoms with Crippen molar-refractivity contribution in [1.82, 2.24) is 5.32 Å². The highest BCUT2D eigenvalue weighted by atomic mass is 16.5. The van der Waals surface area contributed by atoms with Gasteiger partial charge in [0.05, 0.1) is 18.0 Å². The lowest BCUT2D eigenvalue weighted by molar-refractivity contribution is -0.117. The third kappa shape index (κ3) is 3.66. The molecular formula is C21H23N3O4. The first-order valence-corrected chi connectivity index (χ1v) is 9.35. The number of anilines is 2. The van der Waals surface area contributed by atoms with Crippen LogP contribution in [0.3, 0.4) is 0 Å². The number of methoxy groups -OCH3 is 1. The molecule has 0 spiro atoms. The van der Waals surface area contributed by atoms with Gasteiger partial charge in [-0.25, -0.2) is 0 Å². The maximum atomic E-state index is 12.6.